The van der Waals surface area contributed by atoms with Crippen LogP contribution in [0.15, 0.2) is 73.5 Å². The van der Waals surface area contributed by atoms with Crippen LogP contribution in [0.25, 0.3) is 22.5 Å². The molecule has 2 aromatic heterocycles. The van der Waals surface area contributed by atoms with E-state index in [0.29, 0.717) is 6.04 Å². The standard InChI is InChI=1S/C27H32N4.C3H6/c1-20-8-10-22(11-9-20)27-25(19-30-16-14-24(28-2)15-17-30)31-18-23(12-13-26(31)29-27)21-6-4-3-5-7-21;1-3-2/h4,6-13,18,24,28H,3,5,14-17,19H2,1-2H3;3H,1H2,2H3. The first-order chi connectivity index (χ1) is 16.6. The molecule has 1 saturated heterocycles. The summed E-state index contributed by atoms with van der Waals surface area (Å²) < 4.78 is 2.33. The molecule has 34 heavy (non-hydrogen) atoms. The van der Waals surface area contributed by atoms with Gasteiger partial charge in [0.1, 0.15) is 5.65 Å². The number of imidazole rings is 1. The maximum atomic E-state index is 5.08. The third-order valence-electron chi connectivity index (χ3n) is 6.74. The van der Waals surface area contributed by atoms with Gasteiger partial charge in [-0.25, -0.2) is 4.98 Å². The summed E-state index contributed by atoms with van der Waals surface area (Å²) in [6.07, 6.45) is 15.6. The number of rotatable bonds is 5. The van der Waals surface area contributed by atoms with Crippen LogP contribution >= 0.6 is 0 Å². The van der Waals surface area contributed by atoms with Gasteiger partial charge in [-0.2, -0.15) is 0 Å². The number of likely N-dealkylation sites (tertiary alicyclic amines) is 1. The molecule has 0 bridgehead atoms. The molecule has 0 atom stereocenters. The summed E-state index contributed by atoms with van der Waals surface area (Å²) in [4.78, 5) is 7.67. The van der Waals surface area contributed by atoms with Crippen molar-refractivity contribution >= 4 is 11.2 Å². The predicted molar refractivity (Wildman–Crippen MR) is 145 cm³/mol. The Kier molecular flexibility index (Phi) is 8.15. The van der Waals surface area contributed by atoms with E-state index >= 15 is 0 Å². The minimum Gasteiger partial charge on any atom is -0.317 e. The van der Waals surface area contributed by atoms with Crippen molar-refractivity contribution in [2.45, 2.75) is 52.1 Å². The first-order valence-corrected chi connectivity index (χ1v) is 12.5. The molecular formula is C30H38N4. The first kappa shape index (κ1) is 24.2. The number of fused-ring (bicyclic) bond motifs is 1. The quantitative estimate of drug-likeness (QED) is 0.452. The lowest BCUT2D eigenvalue weighted by molar-refractivity contribution is 0.192. The highest BCUT2D eigenvalue weighted by Crippen LogP contribution is 2.29. The molecule has 0 amide bonds. The fourth-order valence-electron chi connectivity index (χ4n) is 4.78. The second-order valence-electron chi connectivity index (χ2n) is 9.31. The predicted octanol–water partition coefficient (Wildman–Crippen LogP) is 6.42. The maximum Gasteiger partial charge on any atom is 0.137 e. The van der Waals surface area contributed by atoms with E-state index in [1.54, 1.807) is 6.08 Å². The van der Waals surface area contributed by atoms with Crippen molar-refractivity contribution in [1.29, 1.82) is 0 Å². The fraction of sp³-hybridized carbons (Fsp3) is 0.367. The van der Waals surface area contributed by atoms with E-state index in [1.165, 1.54) is 40.8 Å². The normalized spacial score (nSPS) is 16.7. The zero-order valence-electron chi connectivity index (χ0n) is 20.9. The average Bonchev–Trinajstić information content (AvgIpc) is 3.23. The van der Waals surface area contributed by atoms with Gasteiger partial charge in [0, 0.05) is 37.4 Å². The number of allylic oxidation sites excluding steroid dienone is 5. The Bertz CT molecular complexity index is 1160. The summed E-state index contributed by atoms with van der Waals surface area (Å²) in [5, 5.41) is 3.44. The molecule has 1 aromatic carbocycles. The summed E-state index contributed by atoms with van der Waals surface area (Å²) in [5.41, 5.74) is 8.50. The van der Waals surface area contributed by atoms with Crippen LogP contribution in [0.5, 0.6) is 0 Å². The highest BCUT2D eigenvalue weighted by molar-refractivity contribution is 5.76. The Morgan fingerprint density at radius 2 is 1.76 bits per heavy atom. The molecule has 4 nitrogen and oxygen atoms in total. The second kappa shape index (κ2) is 11.5. The molecular weight excluding hydrogens is 416 g/mol. The Hall–Kier alpha value is -2.95. The fourth-order valence-corrected chi connectivity index (χ4v) is 4.78. The van der Waals surface area contributed by atoms with Crippen LogP contribution in [0.2, 0.25) is 0 Å². The summed E-state index contributed by atoms with van der Waals surface area (Å²) in [6.45, 7) is 10.6. The number of nitrogens with zero attached hydrogens (tertiary/aromatic N) is 3. The summed E-state index contributed by atoms with van der Waals surface area (Å²) in [7, 11) is 2.08. The number of nitrogens with one attached hydrogen (secondary N) is 1. The van der Waals surface area contributed by atoms with Gasteiger partial charge >= 0.3 is 0 Å². The molecule has 3 aromatic rings. The van der Waals surface area contributed by atoms with Crippen molar-refractivity contribution in [3.05, 3.63) is 90.3 Å². The van der Waals surface area contributed by atoms with Crippen molar-refractivity contribution in [2.24, 2.45) is 0 Å². The summed E-state index contributed by atoms with van der Waals surface area (Å²) in [6, 6.07) is 13.8. The SMILES string of the molecule is C=CC.CNC1CCN(Cc2c(-c3ccc(C)cc3)nc3ccc(C4=CCCC=C4)cn23)CC1. The van der Waals surface area contributed by atoms with E-state index in [9.17, 15) is 0 Å². The largest absolute Gasteiger partial charge is 0.317 e. The number of aromatic nitrogens is 2. The smallest absolute Gasteiger partial charge is 0.137 e. The minimum absolute atomic E-state index is 0.645. The number of hydrogen-bond donors (Lipinski definition) is 1. The van der Waals surface area contributed by atoms with E-state index in [0.717, 1.165) is 43.8 Å². The van der Waals surface area contributed by atoms with Gasteiger partial charge in [0.25, 0.3) is 0 Å². The first-order valence-electron chi connectivity index (χ1n) is 12.5. The van der Waals surface area contributed by atoms with Crippen LogP contribution in [0, 0.1) is 6.92 Å². The third-order valence-corrected chi connectivity index (χ3v) is 6.74. The van der Waals surface area contributed by atoms with Gasteiger partial charge in [0.05, 0.1) is 11.4 Å². The van der Waals surface area contributed by atoms with E-state index in [2.05, 4.69) is 96.0 Å². The van der Waals surface area contributed by atoms with Crippen molar-refractivity contribution in [2.75, 3.05) is 20.1 Å². The highest BCUT2D eigenvalue weighted by atomic mass is 15.2. The van der Waals surface area contributed by atoms with Crippen molar-refractivity contribution < 1.29 is 0 Å². The van der Waals surface area contributed by atoms with Gasteiger partial charge in [-0.05, 0) is 69.8 Å². The van der Waals surface area contributed by atoms with E-state index in [1.807, 2.05) is 6.92 Å². The topological polar surface area (TPSA) is 32.6 Å². The average molecular weight is 455 g/mol. The van der Waals surface area contributed by atoms with Crippen LogP contribution in [0.4, 0.5) is 0 Å². The summed E-state index contributed by atoms with van der Waals surface area (Å²) >= 11 is 0. The molecule has 1 aliphatic carbocycles. The summed E-state index contributed by atoms with van der Waals surface area (Å²) in [5.74, 6) is 0. The Morgan fingerprint density at radius 1 is 1.06 bits per heavy atom. The van der Waals surface area contributed by atoms with Crippen LogP contribution in [0.1, 0.15) is 49.4 Å². The molecule has 178 valence electrons. The lowest BCUT2D eigenvalue weighted by atomic mass is 10.0. The van der Waals surface area contributed by atoms with Crippen molar-refractivity contribution in [3.8, 4) is 11.3 Å². The number of aryl methyl sites for hydroxylation is 1. The van der Waals surface area contributed by atoms with Crippen LogP contribution in [-0.4, -0.2) is 40.5 Å². The molecule has 0 spiro atoms. The van der Waals surface area contributed by atoms with E-state index < -0.39 is 0 Å². The lowest BCUT2D eigenvalue weighted by Crippen LogP contribution is -2.40. The van der Waals surface area contributed by atoms with Gasteiger partial charge in [0.2, 0.25) is 0 Å². The van der Waals surface area contributed by atoms with Crippen molar-refractivity contribution in [1.82, 2.24) is 19.6 Å². The Balaban J connectivity index is 0.000000868. The van der Waals surface area contributed by atoms with Crippen LogP contribution < -0.4 is 5.32 Å². The highest BCUT2D eigenvalue weighted by Gasteiger charge is 2.22. The minimum atomic E-state index is 0.645. The molecule has 1 N–H and O–H groups in total. The molecule has 4 heteroatoms. The molecule has 1 aliphatic heterocycles. The molecule has 0 radical (unpaired) electrons. The monoisotopic (exact) mass is 454 g/mol. The number of benzene rings is 1. The number of piperidine rings is 1. The molecule has 0 saturated carbocycles. The second-order valence-corrected chi connectivity index (χ2v) is 9.31. The molecule has 3 heterocycles. The van der Waals surface area contributed by atoms with Gasteiger partial charge in [-0.15, -0.1) is 6.58 Å². The van der Waals surface area contributed by atoms with Gasteiger partial charge in [-0.3, -0.25) is 4.90 Å². The molecule has 5 rings (SSSR count). The maximum absolute atomic E-state index is 5.08. The Labute approximate surface area is 204 Å². The molecule has 0 unspecified atom stereocenters. The Morgan fingerprint density at radius 3 is 2.41 bits per heavy atom. The van der Waals surface area contributed by atoms with Gasteiger partial charge in [0.15, 0.2) is 0 Å². The molecule has 1 fully saturated rings. The zero-order chi connectivity index (χ0) is 23.9. The van der Waals surface area contributed by atoms with E-state index in [4.69, 9.17) is 4.98 Å². The van der Waals surface area contributed by atoms with Crippen molar-refractivity contribution in [3.63, 3.8) is 0 Å². The van der Waals surface area contributed by atoms with Crippen LogP contribution in [0.3, 0.4) is 0 Å². The molecule has 2 aliphatic rings. The lowest BCUT2D eigenvalue weighted by Gasteiger charge is -2.31. The number of hydrogen-bond acceptors (Lipinski definition) is 3. The van der Waals surface area contributed by atoms with Crippen LogP contribution in [-0.2, 0) is 6.54 Å². The van der Waals surface area contributed by atoms with Gasteiger partial charge < -0.3 is 9.72 Å². The zero-order valence-corrected chi connectivity index (χ0v) is 20.9. The third kappa shape index (κ3) is 5.57. The van der Waals surface area contributed by atoms with E-state index in [-0.39, 0.29) is 0 Å². The van der Waals surface area contributed by atoms with Gasteiger partial charge in [-0.1, -0.05) is 54.1 Å². The number of pyridine rings is 1.